The zero-order valence-electron chi connectivity index (χ0n) is 12.7. The van der Waals surface area contributed by atoms with Crippen LogP contribution < -0.4 is 5.56 Å². The molecule has 0 aliphatic heterocycles. The van der Waals surface area contributed by atoms with Gasteiger partial charge >= 0.3 is 0 Å². The predicted octanol–water partition coefficient (Wildman–Crippen LogP) is 3.05. The van der Waals surface area contributed by atoms with Crippen molar-refractivity contribution in [1.29, 1.82) is 0 Å². The highest BCUT2D eigenvalue weighted by molar-refractivity contribution is 7.18. The van der Waals surface area contributed by atoms with Gasteiger partial charge in [-0.2, -0.15) is 0 Å². The van der Waals surface area contributed by atoms with Crippen LogP contribution >= 0.6 is 11.3 Å². The molecule has 21 heavy (non-hydrogen) atoms. The second kappa shape index (κ2) is 5.37. The zero-order chi connectivity index (χ0) is 15.1. The van der Waals surface area contributed by atoms with Crippen LogP contribution in [0.15, 0.2) is 4.79 Å². The van der Waals surface area contributed by atoms with Gasteiger partial charge in [0, 0.05) is 23.8 Å². The average Bonchev–Trinajstić information content (AvgIpc) is 2.96. The lowest BCUT2D eigenvalue weighted by molar-refractivity contribution is -0.117. The lowest BCUT2D eigenvalue weighted by Gasteiger charge is -2.14. The number of Topliss-reactive ketones (excluding diaryl/α,β-unsaturated/α-hetero) is 1. The second-order valence-corrected chi connectivity index (χ2v) is 7.15. The van der Waals surface area contributed by atoms with Gasteiger partial charge in [-0.25, -0.2) is 4.98 Å². The fourth-order valence-electron chi connectivity index (χ4n) is 3.02. The number of fused-ring (bicyclic) bond motifs is 3. The quantitative estimate of drug-likeness (QED) is 0.872. The number of aryl methyl sites for hydroxylation is 2. The Labute approximate surface area is 127 Å². The maximum absolute atomic E-state index is 12.9. The highest BCUT2D eigenvalue weighted by Crippen LogP contribution is 2.35. The number of carbonyl (C=O) groups excluding carboxylic acids is 1. The molecule has 0 saturated carbocycles. The Hall–Kier alpha value is -1.49. The van der Waals surface area contributed by atoms with Gasteiger partial charge in [0.25, 0.3) is 5.56 Å². The highest BCUT2D eigenvalue weighted by atomic mass is 32.1. The Morgan fingerprint density at radius 1 is 1.38 bits per heavy atom. The van der Waals surface area contributed by atoms with Crippen LogP contribution in [0.25, 0.3) is 10.2 Å². The van der Waals surface area contributed by atoms with Crippen LogP contribution in [0, 0.1) is 0 Å². The van der Waals surface area contributed by atoms with Gasteiger partial charge in [-0.1, -0.05) is 13.8 Å². The minimum atomic E-state index is 0.0457. The maximum atomic E-state index is 12.9. The van der Waals surface area contributed by atoms with E-state index in [0.29, 0.717) is 13.0 Å². The van der Waals surface area contributed by atoms with E-state index in [4.69, 9.17) is 4.98 Å². The van der Waals surface area contributed by atoms with Crippen LogP contribution in [-0.2, 0) is 24.2 Å². The molecular weight excluding hydrogens is 284 g/mol. The van der Waals surface area contributed by atoms with Crippen LogP contribution in [0.2, 0.25) is 0 Å². The van der Waals surface area contributed by atoms with Gasteiger partial charge in [-0.05, 0) is 31.7 Å². The molecule has 0 atom stereocenters. The maximum Gasteiger partial charge on any atom is 0.262 e. The van der Waals surface area contributed by atoms with Gasteiger partial charge in [0.15, 0.2) is 0 Å². The van der Waals surface area contributed by atoms with Gasteiger partial charge in [-0.15, -0.1) is 11.3 Å². The summed E-state index contributed by atoms with van der Waals surface area (Å²) in [6, 6.07) is 0. The fraction of sp³-hybridized carbons (Fsp3) is 0.562. The van der Waals surface area contributed by atoms with Crippen LogP contribution in [-0.4, -0.2) is 15.3 Å². The fourth-order valence-corrected chi connectivity index (χ4v) is 4.28. The standard InChI is InChI=1S/C16H20N2O2S/c1-9(2)14-17-15-13(11-5-4-6-12(11)21-15)16(20)18(14)8-7-10(3)19/h9H,4-8H2,1-3H3. The monoisotopic (exact) mass is 304 g/mol. The van der Waals surface area contributed by atoms with E-state index in [-0.39, 0.29) is 17.3 Å². The summed E-state index contributed by atoms with van der Waals surface area (Å²) in [5.41, 5.74) is 1.25. The van der Waals surface area contributed by atoms with E-state index in [0.717, 1.165) is 35.3 Å². The molecule has 3 rings (SSSR count). The SMILES string of the molecule is CC(=O)CCn1c(C(C)C)nc2sc3c(c2c1=O)CCC3. The number of nitrogens with zero attached hydrogens (tertiary/aromatic N) is 2. The Bertz CT molecular complexity index is 771. The summed E-state index contributed by atoms with van der Waals surface area (Å²) >= 11 is 1.67. The van der Waals surface area contributed by atoms with Crippen molar-refractivity contribution < 1.29 is 4.79 Å². The highest BCUT2D eigenvalue weighted by Gasteiger charge is 2.23. The van der Waals surface area contributed by atoms with E-state index in [1.165, 1.54) is 10.4 Å². The van der Waals surface area contributed by atoms with Crippen LogP contribution in [0.1, 0.15) is 55.8 Å². The number of aromatic nitrogens is 2. The van der Waals surface area contributed by atoms with Crippen molar-refractivity contribution in [2.24, 2.45) is 0 Å². The average molecular weight is 304 g/mol. The summed E-state index contributed by atoms with van der Waals surface area (Å²) in [5.74, 6) is 1.08. The first kappa shape index (κ1) is 14.4. The molecule has 112 valence electrons. The third kappa shape index (κ3) is 2.44. The molecular formula is C16H20N2O2S. The molecule has 0 aromatic carbocycles. The largest absolute Gasteiger partial charge is 0.300 e. The minimum absolute atomic E-state index is 0.0457. The first-order chi connectivity index (χ1) is 9.99. The number of hydrogen-bond donors (Lipinski definition) is 0. The molecule has 0 radical (unpaired) electrons. The minimum Gasteiger partial charge on any atom is -0.300 e. The van der Waals surface area contributed by atoms with E-state index < -0.39 is 0 Å². The number of thiophene rings is 1. The predicted molar refractivity (Wildman–Crippen MR) is 85.3 cm³/mol. The first-order valence-corrected chi connectivity index (χ1v) is 8.35. The Balaban J connectivity index is 2.22. The summed E-state index contributed by atoms with van der Waals surface area (Å²) < 4.78 is 1.72. The van der Waals surface area contributed by atoms with Crippen molar-refractivity contribution >= 4 is 27.3 Å². The zero-order valence-corrected chi connectivity index (χ0v) is 13.5. The lowest BCUT2D eigenvalue weighted by atomic mass is 10.1. The Morgan fingerprint density at radius 2 is 2.14 bits per heavy atom. The number of rotatable bonds is 4. The summed E-state index contributed by atoms with van der Waals surface area (Å²) in [6.45, 7) is 6.09. The molecule has 0 bridgehead atoms. The molecule has 0 unspecified atom stereocenters. The normalized spacial score (nSPS) is 14.1. The molecule has 1 aliphatic rings. The molecule has 2 aromatic heterocycles. The second-order valence-electron chi connectivity index (χ2n) is 6.07. The molecule has 0 N–H and O–H groups in total. The van der Waals surface area contributed by atoms with E-state index >= 15 is 0 Å². The van der Waals surface area contributed by atoms with Gasteiger partial charge in [-0.3, -0.25) is 14.2 Å². The van der Waals surface area contributed by atoms with Gasteiger partial charge < -0.3 is 0 Å². The van der Waals surface area contributed by atoms with Crippen LogP contribution in [0.5, 0.6) is 0 Å². The Kier molecular flexibility index (Phi) is 3.69. The van der Waals surface area contributed by atoms with Gasteiger partial charge in [0.1, 0.15) is 16.4 Å². The molecule has 0 saturated heterocycles. The van der Waals surface area contributed by atoms with E-state index in [9.17, 15) is 9.59 Å². The summed E-state index contributed by atoms with van der Waals surface area (Å²) in [6.07, 6.45) is 3.58. The smallest absolute Gasteiger partial charge is 0.262 e. The molecule has 1 aliphatic carbocycles. The molecule has 0 spiro atoms. The molecule has 0 amide bonds. The number of ketones is 1. The number of carbonyl (C=O) groups is 1. The van der Waals surface area contributed by atoms with Crippen LogP contribution in [0.4, 0.5) is 0 Å². The molecule has 2 heterocycles. The third-order valence-corrected chi connectivity index (χ3v) is 5.24. The van der Waals surface area contributed by atoms with Crippen molar-refractivity contribution in [1.82, 2.24) is 9.55 Å². The van der Waals surface area contributed by atoms with Crippen molar-refractivity contribution in [2.45, 2.75) is 58.9 Å². The molecule has 2 aromatic rings. The van der Waals surface area contributed by atoms with E-state index in [1.807, 2.05) is 13.8 Å². The van der Waals surface area contributed by atoms with Crippen LogP contribution in [0.3, 0.4) is 0 Å². The number of hydrogen-bond acceptors (Lipinski definition) is 4. The van der Waals surface area contributed by atoms with Crippen molar-refractivity contribution in [3.8, 4) is 0 Å². The summed E-state index contributed by atoms with van der Waals surface area (Å²) in [7, 11) is 0. The summed E-state index contributed by atoms with van der Waals surface area (Å²) in [5, 5.41) is 0.806. The topological polar surface area (TPSA) is 52.0 Å². The summed E-state index contributed by atoms with van der Waals surface area (Å²) in [4.78, 5) is 31.1. The molecule has 5 heteroatoms. The van der Waals surface area contributed by atoms with Crippen molar-refractivity contribution in [3.05, 3.63) is 26.6 Å². The van der Waals surface area contributed by atoms with Crippen molar-refractivity contribution in [3.63, 3.8) is 0 Å². The Morgan fingerprint density at radius 3 is 2.81 bits per heavy atom. The molecule has 4 nitrogen and oxygen atoms in total. The van der Waals surface area contributed by atoms with E-state index in [1.54, 1.807) is 22.8 Å². The lowest BCUT2D eigenvalue weighted by Crippen LogP contribution is -2.27. The van der Waals surface area contributed by atoms with E-state index in [2.05, 4.69) is 0 Å². The van der Waals surface area contributed by atoms with Gasteiger partial charge in [0.05, 0.1) is 5.39 Å². The third-order valence-electron chi connectivity index (χ3n) is 4.06. The molecule has 0 fully saturated rings. The van der Waals surface area contributed by atoms with Crippen molar-refractivity contribution in [2.75, 3.05) is 0 Å². The first-order valence-electron chi connectivity index (χ1n) is 7.53. The van der Waals surface area contributed by atoms with Gasteiger partial charge in [0.2, 0.25) is 0 Å².